The molecule has 3 saturated heterocycles. The summed E-state index contributed by atoms with van der Waals surface area (Å²) in [5, 5.41) is 9.64. The zero-order valence-corrected chi connectivity index (χ0v) is 10.9. The second-order valence-corrected chi connectivity index (χ2v) is 6.24. The molecule has 0 radical (unpaired) electrons. The smallest absolute Gasteiger partial charge is 0.163 e. The van der Waals surface area contributed by atoms with Crippen LogP contribution in [0.15, 0.2) is 0 Å². The van der Waals surface area contributed by atoms with Crippen molar-refractivity contribution < 1.29 is 14.6 Å². The van der Waals surface area contributed by atoms with Gasteiger partial charge in [0.1, 0.15) is 12.2 Å². The van der Waals surface area contributed by atoms with Gasteiger partial charge in [0.15, 0.2) is 5.79 Å². The first-order chi connectivity index (χ1) is 8.02. The monoisotopic (exact) mass is 241 g/mol. The molecule has 0 aromatic carbocycles. The van der Waals surface area contributed by atoms with Crippen molar-refractivity contribution in [3.63, 3.8) is 0 Å². The second-order valence-electron chi connectivity index (χ2n) is 6.24. The van der Waals surface area contributed by atoms with E-state index in [9.17, 15) is 5.11 Å². The first-order valence-corrected chi connectivity index (χ1v) is 6.72. The lowest BCUT2D eigenvalue weighted by molar-refractivity contribution is -0.169. The Balaban J connectivity index is 1.83. The average Bonchev–Trinajstić information content (AvgIpc) is 2.70. The molecule has 0 unspecified atom stereocenters. The highest BCUT2D eigenvalue weighted by atomic mass is 16.8. The number of fused-ring (bicyclic) bond motifs is 3. The number of piperidine rings is 1. The molecule has 0 aromatic rings. The highest BCUT2D eigenvalue weighted by Gasteiger charge is 2.56. The molecule has 0 aliphatic carbocycles. The predicted octanol–water partition coefficient (Wildman–Crippen LogP) is 0.839. The van der Waals surface area contributed by atoms with Gasteiger partial charge in [0, 0.05) is 25.1 Å². The van der Waals surface area contributed by atoms with Gasteiger partial charge < -0.3 is 14.6 Å². The minimum Gasteiger partial charge on any atom is -0.396 e. The third-order valence-electron chi connectivity index (χ3n) is 4.65. The molecule has 0 saturated carbocycles. The van der Waals surface area contributed by atoms with Gasteiger partial charge in [-0.2, -0.15) is 0 Å². The highest BCUT2D eigenvalue weighted by Crippen LogP contribution is 2.43. The van der Waals surface area contributed by atoms with E-state index in [4.69, 9.17) is 9.47 Å². The molecule has 3 fully saturated rings. The Kier molecular flexibility index (Phi) is 2.74. The highest BCUT2D eigenvalue weighted by molar-refractivity contribution is 5.05. The zero-order chi connectivity index (χ0) is 12.2. The van der Waals surface area contributed by atoms with E-state index in [1.54, 1.807) is 0 Å². The third-order valence-corrected chi connectivity index (χ3v) is 4.65. The molecule has 98 valence electrons. The maximum Gasteiger partial charge on any atom is 0.163 e. The summed E-state index contributed by atoms with van der Waals surface area (Å²) in [6.07, 6.45) is 1.50. The van der Waals surface area contributed by atoms with E-state index in [1.807, 2.05) is 13.8 Å². The Labute approximate surface area is 103 Å². The van der Waals surface area contributed by atoms with Crippen molar-refractivity contribution in [2.75, 3.05) is 19.7 Å². The van der Waals surface area contributed by atoms with E-state index in [2.05, 4.69) is 11.8 Å². The molecule has 3 aliphatic heterocycles. The van der Waals surface area contributed by atoms with Crippen molar-refractivity contribution in [1.29, 1.82) is 0 Å². The molecule has 3 heterocycles. The van der Waals surface area contributed by atoms with Crippen molar-refractivity contribution >= 4 is 0 Å². The van der Waals surface area contributed by atoms with Crippen LogP contribution in [0.25, 0.3) is 0 Å². The lowest BCUT2D eigenvalue weighted by Crippen LogP contribution is -2.51. The Morgan fingerprint density at radius 1 is 1.35 bits per heavy atom. The van der Waals surface area contributed by atoms with Crippen molar-refractivity contribution in [1.82, 2.24) is 4.90 Å². The van der Waals surface area contributed by atoms with Crippen LogP contribution in [-0.4, -0.2) is 53.7 Å². The number of ether oxygens (including phenoxy) is 2. The van der Waals surface area contributed by atoms with E-state index >= 15 is 0 Å². The molecule has 0 aromatic heterocycles. The van der Waals surface area contributed by atoms with E-state index < -0.39 is 5.79 Å². The van der Waals surface area contributed by atoms with Gasteiger partial charge in [-0.3, -0.25) is 4.90 Å². The predicted molar refractivity (Wildman–Crippen MR) is 63.5 cm³/mol. The summed E-state index contributed by atoms with van der Waals surface area (Å²) in [7, 11) is 0. The van der Waals surface area contributed by atoms with Crippen LogP contribution in [0.3, 0.4) is 0 Å². The molecule has 3 aliphatic rings. The number of aliphatic hydroxyl groups is 1. The van der Waals surface area contributed by atoms with Crippen LogP contribution in [0.4, 0.5) is 0 Å². The maximum absolute atomic E-state index is 9.64. The van der Waals surface area contributed by atoms with Crippen LogP contribution in [0.2, 0.25) is 0 Å². The Morgan fingerprint density at radius 2 is 2.12 bits per heavy atom. The summed E-state index contributed by atoms with van der Waals surface area (Å²) < 4.78 is 12.0. The minimum absolute atomic E-state index is 0.143. The lowest BCUT2D eigenvalue weighted by atomic mass is 9.80. The summed E-state index contributed by atoms with van der Waals surface area (Å²) in [6, 6.07) is 0.343. The van der Waals surface area contributed by atoms with Crippen LogP contribution in [0.1, 0.15) is 27.2 Å². The lowest BCUT2D eigenvalue weighted by Gasteiger charge is -2.42. The number of nitrogens with zero attached hydrogens (tertiary/aromatic N) is 1. The minimum atomic E-state index is -0.456. The van der Waals surface area contributed by atoms with E-state index in [-0.39, 0.29) is 18.8 Å². The Hall–Kier alpha value is -0.160. The van der Waals surface area contributed by atoms with Crippen molar-refractivity contribution in [2.45, 2.75) is 51.2 Å². The topological polar surface area (TPSA) is 41.9 Å². The first kappa shape index (κ1) is 11.9. The molecule has 0 spiro atoms. The standard InChI is InChI=1S/C13H23NO3/c1-8-4-5-14-6-10-12(11(14)9(8)7-15)17-13(2,3)16-10/h8-12,15H,4-7H2,1-3H3/t8-,9-,10+,11+,12+/m0/s1. The number of aliphatic hydroxyl groups excluding tert-OH is 1. The molecule has 0 amide bonds. The number of hydrogen-bond donors (Lipinski definition) is 1. The van der Waals surface area contributed by atoms with Gasteiger partial charge in [0.25, 0.3) is 0 Å². The van der Waals surface area contributed by atoms with Gasteiger partial charge in [-0.05, 0) is 32.7 Å². The van der Waals surface area contributed by atoms with Gasteiger partial charge in [0.05, 0.1) is 0 Å². The van der Waals surface area contributed by atoms with E-state index in [1.165, 1.54) is 6.42 Å². The molecule has 1 N–H and O–H groups in total. The molecule has 4 heteroatoms. The summed E-state index contributed by atoms with van der Waals surface area (Å²) in [4.78, 5) is 2.45. The summed E-state index contributed by atoms with van der Waals surface area (Å²) in [5.41, 5.74) is 0. The fourth-order valence-corrected chi connectivity index (χ4v) is 3.82. The van der Waals surface area contributed by atoms with E-state index in [0.717, 1.165) is 13.1 Å². The molecule has 0 bridgehead atoms. The van der Waals surface area contributed by atoms with Crippen molar-refractivity contribution in [3.8, 4) is 0 Å². The van der Waals surface area contributed by atoms with Gasteiger partial charge in [-0.1, -0.05) is 6.92 Å². The summed E-state index contributed by atoms with van der Waals surface area (Å²) in [6.45, 7) is 8.54. The van der Waals surface area contributed by atoms with Gasteiger partial charge in [-0.25, -0.2) is 0 Å². The first-order valence-electron chi connectivity index (χ1n) is 6.72. The van der Waals surface area contributed by atoms with Crippen LogP contribution in [0.5, 0.6) is 0 Å². The maximum atomic E-state index is 9.64. The third kappa shape index (κ3) is 1.82. The van der Waals surface area contributed by atoms with Gasteiger partial charge in [0.2, 0.25) is 0 Å². The number of hydrogen-bond acceptors (Lipinski definition) is 4. The second kappa shape index (κ2) is 3.92. The summed E-state index contributed by atoms with van der Waals surface area (Å²) >= 11 is 0. The fraction of sp³-hybridized carbons (Fsp3) is 1.00. The van der Waals surface area contributed by atoms with Crippen LogP contribution >= 0.6 is 0 Å². The molecule has 3 rings (SSSR count). The molecule has 4 nitrogen and oxygen atoms in total. The fourth-order valence-electron chi connectivity index (χ4n) is 3.82. The number of rotatable bonds is 1. The van der Waals surface area contributed by atoms with Crippen molar-refractivity contribution in [2.24, 2.45) is 11.8 Å². The largest absolute Gasteiger partial charge is 0.396 e. The van der Waals surface area contributed by atoms with E-state index in [0.29, 0.717) is 17.9 Å². The Morgan fingerprint density at radius 3 is 2.82 bits per heavy atom. The van der Waals surface area contributed by atoms with Crippen LogP contribution in [0, 0.1) is 11.8 Å². The van der Waals surface area contributed by atoms with Crippen molar-refractivity contribution in [3.05, 3.63) is 0 Å². The molecular formula is C13H23NO3. The molecule has 17 heavy (non-hydrogen) atoms. The summed E-state index contributed by atoms with van der Waals surface area (Å²) in [5.74, 6) is 0.450. The average molecular weight is 241 g/mol. The van der Waals surface area contributed by atoms with Crippen LogP contribution in [-0.2, 0) is 9.47 Å². The quantitative estimate of drug-likeness (QED) is 0.738. The van der Waals surface area contributed by atoms with Gasteiger partial charge >= 0.3 is 0 Å². The molecular weight excluding hydrogens is 218 g/mol. The molecule has 5 atom stereocenters. The van der Waals surface area contributed by atoms with Crippen LogP contribution < -0.4 is 0 Å². The zero-order valence-electron chi connectivity index (χ0n) is 10.9. The normalized spacial score (nSPS) is 49.1. The van der Waals surface area contributed by atoms with Gasteiger partial charge in [-0.15, -0.1) is 0 Å². The Bertz CT molecular complexity index is 307. The SMILES string of the molecule is C[C@H]1CCN2C[C@H]3OC(C)(C)O[C@H]3[C@H]2[C@H]1CO.